The van der Waals surface area contributed by atoms with Crippen molar-refractivity contribution >= 4 is 0 Å². The van der Waals surface area contributed by atoms with Crippen LogP contribution in [0.3, 0.4) is 0 Å². The van der Waals surface area contributed by atoms with Crippen LogP contribution in [-0.4, -0.2) is 12.6 Å². The van der Waals surface area contributed by atoms with Crippen LogP contribution in [-0.2, 0) is 0 Å². The van der Waals surface area contributed by atoms with Gasteiger partial charge < -0.3 is 5.32 Å². The Morgan fingerprint density at radius 2 is 1.75 bits per heavy atom. The minimum atomic E-state index is 0.796. The first-order chi connectivity index (χ1) is 5.68. The average molecular weight is 169 g/mol. The smallest absolute Gasteiger partial charge is 0.00673 e. The Balaban J connectivity index is 2.09. The summed E-state index contributed by atoms with van der Waals surface area (Å²) in [4.78, 5) is 0. The van der Waals surface area contributed by atoms with E-state index < -0.39 is 0 Å². The Morgan fingerprint density at radius 1 is 1.17 bits per heavy atom. The van der Waals surface area contributed by atoms with Gasteiger partial charge in [0.2, 0.25) is 0 Å². The fourth-order valence-corrected chi connectivity index (χ4v) is 1.87. The highest BCUT2D eigenvalue weighted by molar-refractivity contribution is 4.75. The van der Waals surface area contributed by atoms with Crippen LogP contribution in [0.2, 0.25) is 0 Å². The predicted octanol–water partition coefficient (Wildman–Crippen LogP) is 2.81. The van der Waals surface area contributed by atoms with Gasteiger partial charge in [-0.1, -0.05) is 20.8 Å². The highest BCUT2D eigenvalue weighted by atomic mass is 14.9. The van der Waals surface area contributed by atoms with Crippen molar-refractivity contribution < 1.29 is 0 Å². The minimum absolute atomic E-state index is 0.796. The molecule has 0 heterocycles. The summed E-state index contributed by atoms with van der Waals surface area (Å²) in [6, 6.07) is 0.823. The molecule has 0 aromatic carbocycles. The maximum absolute atomic E-state index is 3.64. The molecule has 1 N–H and O–H groups in total. The van der Waals surface area contributed by atoms with E-state index in [0.29, 0.717) is 0 Å². The Morgan fingerprint density at radius 3 is 2.25 bits per heavy atom. The van der Waals surface area contributed by atoms with Crippen LogP contribution in [0.1, 0.15) is 46.5 Å². The molecule has 1 aliphatic carbocycles. The van der Waals surface area contributed by atoms with E-state index in [2.05, 4.69) is 26.1 Å². The van der Waals surface area contributed by atoms with Crippen LogP contribution in [0, 0.1) is 11.8 Å². The Hall–Kier alpha value is -0.0400. The summed E-state index contributed by atoms with van der Waals surface area (Å²) in [5, 5.41) is 3.64. The van der Waals surface area contributed by atoms with E-state index in [1.54, 1.807) is 0 Å². The lowest BCUT2D eigenvalue weighted by Crippen LogP contribution is -2.35. The molecule has 0 saturated heterocycles. The summed E-state index contributed by atoms with van der Waals surface area (Å²) in [5.41, 5.74) is 0. The van der Waals surface area contributed by atoms with E-state index in [-0.39, 0.29) is 0 Å². The third-order valence-corrected chi connectivity index (χ3v) is 2.83. The Labute approximate surface area is 76.9 Å². The van der Waals surface area contributed by atoms with Crippen molar-refractivity contribution in [3.63, 3.8) is 0 Å². The van der Waals surface area contributed by atoms with Crippen molar-refractivity contribution in [2.75, 3.05) is 6.54 Å². The molecule has 72 valence electrons. The average Bonchev–Trinajstić information content (AvgIpc) is 2.03. The van der Waals surface area contributed by atoms with E-state index in [1.807, 2.05) is 0 Å². The van der Waals surface area contributed by atoms with Crippen molar-refractivity contribution in [3.05, 3.63) is 0 Å². The first-order valence-corrected chi connectivity index (χ1v) is 5.42. The van der Waals surface area contributed by atoms with Crippen LogP contribution in [0.25, 0.3) is 0 Å². The molecule has 0 aliphatic heterocycles. The highest BCUT2D eigenvalue weighted by Gasteiger charge is 2.17. The van der Waals surface area contributed by atoms with Crippen LogP contribution in [0.5, 0.6) is 0 Å². The lowest BCUT2D eigenvalue weighted by Gasteiger charge is -2.27. The minimum Gasteiger partial charge on any atom is -0.314 e. The van der Waals surface area contributed by atoms with E-state index in [1.165, 1.54) is 32.2 Å². The van der Waals surface area contributed by atoms with Crippen molar-refractivity contribution in [2.24, 2.45) is 11.8 Å². The van der Waals surface area contributed by atoms with E-state index in [0.717, 1.165) is 17.9 Å². The molecule has 1 nitrogen and oxygen atoms in total. The second-order valence-corrected chi connectivity index (χ2v) is 4.76. The van der Waals surface area contributed by atoms with E-state index >= 15 is 0 Å². The largest absolute Gasteiger partial charge is 0.314 e. The molecule has 1 rings (SSSR count). The molecule has 0 spiro atoms. The van der Waals surface area contributed by atoms with Crippen molar-refractivity contribution in [1.29, 1.82) is 0 Å². The molecular formula is C11H23N. The first kappa shape index (κ1) is 10.0. The molecule has 0 aromatic rings. The lowest BCUT2D eigenvalue weighted by molar-refractivity contribution is 0.300. The fraction of sp³-hybridized carbons (Fsp3) is 1.00. The third kappa shape index (κ3) is 3.57. The molecule has 0 bridgehead atoms. The fourth-order valence-electron chi connectivity index (χ4n) is 1.87. The zero-order valence-electron chi connectivity index (χ0n) is 8.77. The summed E-state index contributed by atoms with van der Waals surface area (Å²) in [6.45, 7) is 8.12. The van der Waals surface area contributed by atoms with E-state index in [4.69, 9.17) is 0 Å². The topological polar surface area (TPSA) is 12.0 Å². The molecule has 0 unspecified atom stereocenters. The zero-order valence-corrected chi connectivity index (χ0v) is 8.77. The number of nitrogens with one attached hydrogen (secondary N) is 1. The summed E-state index contributed by atoms with van der Waals surface area (Å²) in [7, 11) is 0. The number of hydrogen-bond donors (Lipinski definition) is 1. The van der Waals surface area contributed by atoms with Crippen molar-refractivity contribution in [2.45, 2.75) is 52.5 Å². The van der Waals surface area contributed by atoms with Gasteiger partial charge in [0.15, 0.2) is 0 Å². The molecule has 1 fully saturated rings. The third-order valence-electron chi connectivity index (χ3n) is 2.83. The maximum atomic E-state index is 3.64. The van der Waals surface area contributed by atoms with Crippen molar-refractivity contribution in [3.8, 4) is 0 Å². The summed E-state index contributed by atoms with van der Waals surface area (Å²) < 4.78 is 0. The molecule has 0 aromatic heterocycles. The standard InChI is InChI=1S/C11H23N/c1-9(2)8-12-11-6-4-10(3)5-7-11/h9-12H,4-8H2,1-3H3. The van der Waals surface area contributed by atoms with Gasteiger partial charge in [0.25, 0.3) is 0 Å². The van der Waals surface area contributed by atoms with Crippen LogP contribution < -0.4 is 5.32 Å². The van der Waals surface area contributed by atoms with Crippen LogP contribution in [0.15, 0.2) is 0 Å². The maximum Gasteiger partial charge on any atom is 0.00673 e. The normalized spacial score (nSPS) is 31.0. The summed E-state index contributed by atoms with van der Waals surface area (Å²) in [5.74, 6) is 1.77. The van der Waals surface area contributed by atoms with Gasteiger partial charge in [0, 0.05) is 6.04 Å². The highest BCUT2D eigenvalue weighted by Crippen LogP contribution is 2.23. The lowest BCUT2D eigenvalue weighted by atomic mass is 9.87. The van der Waals surface area contributed by atoms with Gasteiger partial charge in [-0.15, -0.1) is 0 Å². The molecule has 0 atom stereocenters. The molecule has 1 heteroatoms. The van der Waals surface area contributed by atoms with Crippen LogP contribution in [0.4, 0.5) is 0 Å². The van der Waals surface area contributed by atoms with Crippen LogP contribution >= 0.6 is 0 Å². The van der Waals surface area contributed by atoms with Gasteiger partial charge in [-0.25, -0.2) is 0 Å². The van der Waals surface area contributed by atoms with E-state index in [9.17, 15) is 0 Å². The van der Waals surface area contributed by atoms with Gasteiger partial charge >= 0.3 is 0 Å². The van der Waals surface area contributed by atoms with Gasteiger partial charge in [-0.2, -0.15) is 0 Å². The molecule has 12 heavy (non-hydrogen) atoms. The monoisotopic (exact) mass is 169 g/mol. The molecular weight excluding hydrogens is 146 g/mol. The number of rotatable bonds is 3. The molecule has 1 aliphatic rings. The summed E-state index contributed by atoms with van der Waals surface area (Å²) in [6.07, 6.45) is 5.65. The molecule has 1 saturated carbocycles. The SMILES string of the molecule is CC(C)CNC1CCC(C)CC1. The van der Waals surface area contributed by atoms with Crippen molar-refractivity contribution in [1.82, 2.24) is 5.32 Å². The first-order valence-electron chi connectivity index (χ1n) is 5.42. The summed E-state index contributed by atoms with van der Waals surface area (Å²) >= 11 is 0. The van der Waals surface area contributed by atoms with Gasteiger partial charge in [-0.3, -0.25) is 0 Å². The molecule has 0 amide bonds. The second-order valence-electron chi connectivity index (χ2n) is 4.76. The van der Waals surface area contributed by atoms with Gasteiger partial charge in [0.1, 0.15) is 0 Å². The van der Waals surface area contributed by atoms with Gasteiger partial charge in [-0.05, 0) is 44.1 Å². The predicted molar refractivity (Wildman–Crippen MR) is 54.3 cm³/mol. The quantitative estimate of drug-likeness (QED) is 0.685. The number of hydrogen-bond acceptors (Lipinski definition) is 1. The second kappa shape index (κ2) is 4.86. The molecule has 0 radical (unpaired) electrons. The Kier molecular flexibility index (Phi) is 4.07. The Bertz CT molecular complexity index is 112. The van der Waals surface area contributed by atoms with Gasteiger partial charge in [0.05, 0.1) is 0 Å². The zero-order chi connectivity index (χ0) is 8.97.